The molecule has 1 aliphatic rings. The van der Waals surface area contributed by atoms with Crippen molar-refractivity contribution in [3.05, 3.63) is 0 Å². The third-order valence-electron chi connectivity index (χ3n) is 3.13. The molecule has 1 saturated heterocycles. The largest absolute Gasteiger partial charge is 0.315 e. The quantitative estimate of drug-likeness (QED) is 0.529. The highest BCUT2D eigenvalue weighted by molar-refractivity contribution is 4.83. The van der Waals surface area contributed by atoms with E-state index >= 15 is 0 Å². The molecule has 2 heteroatoms. The van der Waals surface area contributed by atoms with Crippen molar-refractivity contribution >= 4 is 0 Å². The molecule has 0 spiro atoms. The van der Waals surface area contributed by atoms with E-state index in [-0.39, 0.29) is 0 Å². The van der Waals surface area contributed by atoms with Gasteiger partial charge in [-0.15, -0.1) is 12.3 Å². The summed E-state index contributed by atoms with van der Waals surface area (Å²) in [5.41, 5.74) is 0. The third kappa shape index (κ3) is 5.20. The van der Waals surface area contributed by atoms with Gasteiger partial charge in [0.1, 0.15) is 0 Å². The van der Waals surface area contributed by atoms with Gasteiger partial charge >= 0.3 is 0 Å². The number of terminal acetylenes is 1. The highest BCUT2D eigenvalue weighted by Gasteiger charge is 2.15. The SMILES string of the molecule is C#CCCCNCC(C)N1CCCCC1. The Morgan fingerprint density at radius 2 is 2.07 bits per heavy atom. The van der Waals surface area contributed by atoms with E-state index in [1.54, 1.807) is 0 Å². The molecule has 0 radical (unpaired) electrons. The predicted octanol–water partition coefficient (Wildman–Crippen LogP) is 1.86. The number of nitrogens with one attached hydrogen (secondary N) is 1. The van der Waals surface area contributed by atoms with Crippen LogP contribution in [0.25, 0.3) is 0 Å². The monoisotopic (exact) mass is 208 g/mol. The maximum absolute atomic E-state index is 5.20. The number of rotatable bonds is 6. The number of hydrogen-bond acceptors (Lipinski definition) is 2. The molecular weight excluding hydrogens is 184 g/mol. The van der Waals surface area contributed by atoms with E-state index in [0.717, 1.165) is 25.9 Å². The van der Waals surface area contributed by atoms with Crippen molar-refractivity contribution in [3.63, 3.8) is 0 Å². The van der Waals surface area contributed by atoms with Gasteiger partial charge in [0.05, 0.1) is 0 Å². The lowest BCUT2D eigenvalue weighted by Gasteiger charge is -2.32. The summed E-state index contributed by atoms with van der Waals surface area (Å²) in [7, 11) is 0. The van der Waals surface area contributed by atoms with Crippen molar-refractivity contribution in [2.45, 2.75) is 45.1 Å². The fourth-order valence-corrected chi connectivity index (χ4v) is 2.11. The molecule has 1 N–H and O–H groups in total. The Kier molecular flexibility index (Phi) is 6.47. The fraction of sp³-hybridized carbons (Fsp3) is 0.846. The zero-order chi connectivity index (χ0) is 10.9. The third-order valence-corrected chi connectivity index (χ3v) is 3.13. The van der Waals surface area contributed by atoms with Gasteiger partial charge in [-0.3, -0.25) is 4.90 Å². The molecule has 1 unspecified atom stereocenters. The zero-order valence-corrected chi connectivity index (χ0v) is 9.97. The Labute approximate surface area is 94.4 Å². The molecule has 0 amide bonds. The fourth-order valence-electron chi connectivity index (χ4n) is 2.11. The van der Waals surface area contributed by atoms with E-state index in [9.17, 15) is 0 Å². The molecule has 86 valence electrons. The van der Waals surface area contributed by atoms with Crippen molar-refractivity contribution in [3.8, 4) is 12.3 Å². The van der Waals surface area contributed by atoms with E-state index in [0.29, 0.717) is 6.04 Å². The number of unbranched alkanes of at least 4 members (excludes halogenated alkanes) is 1. The highest BCUT2D eigenvalue weighted by Crippen LogP contribution is 2.11. The topological polar surface area (TPSA) is 15.3 Å². The molecule has 1 heterocycles. The number of piperidine rings is 1. The second-order valence-electron chi connectivity index (χ2n) is 4.46. The minimum atomic E-state index is 0.677. The Hall–Kier alpha value is -0.520. The summed E-state index contributed by atoms with van der Waals surface area (Å²) in [5, 5.41) is 3.48. The summed E-state index contributed by atoms with van der Waals surface area (Å²) in [4.78, 5) is 2.59. The average Bonchev–Trinajstić information content (AvgIpc) is 2.30. The first-order chi connectivity index (χ1) is 7.34. The van der Waals surface area contributed by atoms with Crippen LogP contribution in [0.15, 0.2) is 0 Å². The number of nitrogens with zero attached hydrogens (tertiary/aromatic N) is 1. The zero-order valence-electron chi connectivity index (χ0n) is 9.97. The van der Waals surface area contributed by atoms with Crippen LogP contribution in [-0.4, -0.2) is 37.1 Å². The van der Waals surface area contributed by atoms with E-state index in [4.69, 9.17) is 6.42 Å². The molecule has 1 fully saturated rings. The lowest BCUT2D eigenvalue weighted by Crippen LogP contribution is -2.43. The van der Waals surface area contributed by atoms with Crippen LogP contribution in [0.1, 0.15) is 39.0 Å². The van der Waals surface area contributed by atoms with Gasteiger partial charge in [-0.05, 0) is 45.8 Å². The van der Waals surface area contributed by atoms with Crippen LogP contribution < -0.4 is 5.32 Å². The number of likely N-dealkylation sites (tertiary alicyclic amines) is 1. The van der Waals surface area contributed by atoms with Gasteiger partial charge < -0.3 is 5.32 Å². The normalized spacial score (nSPS) is 19.7. The maximum Gasteiger partial charge on any atom is 0.0192 e. The molecule has 0 bridgehead atoms. The van der Waals surface area contributed by atoms with Crippen LogP contribution in [0.4, 0.5) is 0 Å². The molecule has 0 aliphatic carbocycles. The Bertz CT molecular complexity index is 189. The molecular formula is C13H24N2. The van der Waals surface area contributed by atoms with Gasteiger partial charge in [-0.25, -0.2) is 0 Å². The van der Waals surface area contributed by atoms with Crippen molar-refractivity contribution in [2.24, 2.45) is 0 Å². The molecule has 0 aromatic rings. The average molecular weight is 208 g/mol. The minimum absolute atomic E-state index is 0.677. The van der Waals surface area contributed by atoms with Gasteiger partial charge in [0.25, 0.3) is 0 Å². The van der Waals surface area contributed by atoms with Crippen molar-refractivity contribution in [2.75, 3.05) is 26.2 Å². The highest BCUT2D eigenvalue weighted by atomic mass is 15.2. The molecule has 1 rings (SSSR count). The molecule has 15 heavy (non-hydrogen) atoms. The standard InChI is InChI=1S/C13H24N2/c1-3-4-6-9-14-12-13(2)15-10-7-5-8-11-15/h1,13-14H,4-12H2,2H3. The lowest BCUT2D eigenvalue weighted by molar-refractivity contribution is 0.171. The molecule has 2 nitrogen and oxygen atoms in total. The van der Waals surface area contributed by atoms with Crippen molar-refractivity contribution in [1.82, 2.24) is 10.2 Å². The smallest absolute Gasteiger partial charge is 0.0192 e. The molecule has 0 aromatic carbocycles. The van der Waals surface area contributed by atoms with E-state index in [1.165, 1.54) is 32.4 Å². The summed E-state index contributed by atoms with van der Waals surface area (Å²) in [6, 6.07) is 0.677. The van der Waals surface area contributed by atoms with Gasteiger partial charge in [0.15, 0.2) is 0 Å². The van der Waals surface area contributed by atoms with Gasteiger partial charge in [-0.2, -0.15) is 0 Å². The minimum Gasteiger partial charge on any atom is -0.315 e. The van der Waals surface area contributed by atoms with E-state index < -0.39 is 0 Å². The second-order valence-corrected chi connectivity index (χ2v) is 4.46. The van der Waals surface area contributed by atoms with E-state index in [1.807, 2.05) is 0 Å². The Morgan fingerprint density at radius 1 is 1.33 bits per heavy atom. The van der Waals surface area contributed by atoms with Crippen LogP contribution in [0, 0.1) is 12.3 Å². The summed E-state index contributed by atoms with van der Waals surface area (Å²) in [6.45, 7) is 7.05. The number of hydrogen-bond donors (Lipinski definition) is 1. The first-order valence-corrected chi connectivity index (χ1v) is 6.23. The predicted molar refractivity (Wildman–Crippen MR) is 65.8 cm³/mol. The van der Waals surface area contributed by atoms with Crippen LogP contribution >= 0.6 is 0 Å². The first kappa shape index (κ1) is 12.5. The first-order valence-electron chi connectivity index (χ1n) is 6.23. The molecule has 0 aromatic heterocycles. The maximum atomic E-state index is 5.20. The summed E-state index contributed by atoms with van der Waals surface area (Å²) in [6.07, 6.45) is 11.4. The van der Waals surface area contributed by atoms with Gasteiger partial charge in [0.2, 0.25) is 0 Å². The van der Waals surface area contributed by atoms with Crippen LogP contribution in [-0.2, 0) is 0 Å². The van der Waals surface area contributed by atoms with Crippen molar-refractivity contribution < 1.29 is 0 Å². The van der Waals surface area contributed by atoms with E-state index in [2.05, 4.69) is 23.1 Å². The Morgan fingerprint density at radius 3 is 2.73 bits per heavy atom. The van der Waals surface area contributed by atoms with Crippen LogP contribution in [0.2, 0.25) is 0 Å². The van der Waals surface area contributed by atoms with Gasteiger partial charge in [0, 0.05) is 19.0 Å². The molecule has 1 atom stereocenters. The summed E-state index contributed by atoms with van der Waals surface area (Å²) < 4.78 is 0. The summed E-state index contributed by atoms with van der Waals surface area (Å²) in [5.74, 6) is 2.67. The molecule has 0 saturated carbocycles. The van der Waals surface area contributed by atoms with Crippen LogP contribution in [0.5, 0.6) is 0 Å². The Balaban J connectivity index is 2.02. The summed E-state index contributed by atoms with van der Waals surface area (Å²) >= 11 is 0. The lowest BCUT2D eigenvalue weighted by atomic mass is 10.1. The van der Waals surface area contributed by atoms with Gasteiger partial charge in [-0.1, -0.05) is 6.42 Å². The van der Waals surface area contributed by atoms with Crippen LogP contribution in [0.3, 0.4) is 0 Å². The second kappa shape index (κ2) is 7.73. The molecule has 1 aliphatic heterocycles. The van der Waals surface area contributed by atoms with Crippen molar-refractivity contribution in [1.29, 1.82) is 0 Å².